The molecule has 0 unspecified atom stereocenters. The zero-order chi connectivity index (χ0) is 15.5. The minimum atomic E-state index is -4.64. The number of nitrogens with one attached hydrogen (secondary N) is 1. The molecule has 1 N–H and O–H groups in total. The van der Waals surface area contributed by atoms with E-state index in [1.54, 1.807) is 13.8 Å². The molecule has 7 heteroatoms. The maximum Gasteiger partial charge on any atom is 0.435 e. The van der Waals surface area contributed by atoms with E-state index < -0.39 is 17.8 Å². The van der Waals surface area contributed by atoms with Crippen molar-refractivity contribution in [2.75, 3.05) is 6.54 Å². The lowest BCUT2D eigenvalue weighted by Crippen LogP contribution is -2.27. The summed E-state index contributed by atoms with van der Waals surface area (Å²) in [5.41, 5.74) is -1.25. The Kier molecular flexibility index (Phi) is 5.19. The van der Waals surface area contributed by atoms with Crippen LogP contribution in [0.1, 0.15) is 61.4 Å². The summed E-state index contributed by atoms with van der Waals surface area (Å²) in [6, 6.07) is -0.242. The number of hydrogen-bond acceptors (Lipinski definition) is 2. The van der Waals surface area contributed by atoms with Gasteiger partial charge in [0.15, 0.2) is 5.69 Å². The molecule has 0 aliphatic rings. The summed E-state index contributed by atoms with van der Waals surface area (Å²) in [6.45, 7) is 7.23. The van der Waals surface area contributed by atoms with Gasteiger partial charge in [-0.3, -0.25) is 9.48 Å². The Hall–Kier alpha value is -1.53. The van der Waals surface area contributed by atoms with Crippen LogP contribution in [0.25, 0.3) is 0 Å². The Morgan fingerprint density at radius 1 is 1.40 bits per heavy atom. The van der Waals surface area contributed by atoms with Crippen molar-refractivity contribution in [3.8, 4) is 0 Å². The zero-order valence-corrected chi connectivity index (χ0v) is 12.1. The molecule has 0 radical (unpaired) electrons. The van der Waals surface area contributed by atoms with Gasteiger partial charge in [-0.1, -0.05) is 13.3 Å². The van der Waals surface area contributed by atoms with Crippen molar-refractivity contribution in [2.24, 2.45) is 0 Å². The second kappa shape index (κ2) is 6.28. The second-order valence-electron chi connectivity index (χ2n) is 4.95. The quantitative estimate of drug-likeness (QED) is 0.846. The minimum Gasteiger partial charge on any atom is -0.352 e. The third-order valence-corrected chi connectivity index (χ3v) is 2.95. The topological polar surface area (TPSA) is 46.9 Å². The summed E-state index contributed by atoms with van der Waals surface area (Å²) in [6.07, 6.45) is -3.05. The molecule has 1 aromatic heterocycles. The van der Waals surface area contributed by atoms with Gasteiger partial charge in [0, 0.05) is 18.3 Å². The molecule has 1 amide bonds. The molecule has 1 heterocycles. The summed E-state index contributed by atoms with van der Waals surface area (Å²) >= 11 is 0. The second-order valence-corrected chi connectivity index (χ2v) is 4.95. The van der Waals surface area contributed by atoms with Gasteiger partial charge in [-0.05, 0) is 27.2 Å². The fraction of sp³-hybridized carbons (Fsp3) is 0.692. The van der Waals surface area contributed by atoms with Crippen LogP contribution in [-0.2, 0) is 6.18 Å². The van der Waals surface area contributed by atoms with Gasteiger partial charge < -0.3 is 5.32 Å². The molecule has 0 atom stereocenters. The summed E-state index contributed by atoms with van der Waals surface area (Å²) < 4.78 is 40.2. The Morgan fingerprint density at radius 3 is 2.45 bits per heavy atom. The van der Waals surface area contributed by atoms with E-state index in [1.807, 2.05) is 6.92 Å². The van der Waals surface area contributed by atoms with Gasteiger partial charge in [0.25, 0.3) is 5.91 Å². The maximum atomic E-state index is 13.0. The molecule has 0 bridgehead atoms. The van der Waals surface area contributed by atoms with Crippen LogP contribution in [0, 0.1) is 6.92 Å². The first-order valence-corrected chi connectivity index (χ1v) is 6.64. The normalized spacial score (nSPS) is 12.0. The SMILES string of the molecule is CCCCNC(=O)c1c(C(F)(F)F)nn(C(C)C)c1C. The molecule has 0 fully saturated rings. The summed E-state index contributed by atoms with van der Waals surface area (Å²) in [7, 11) is 0. The molecule has 20 heavy (non-hydrogen) atoms. The van der Waals surface area contributed by atoms with Gasteiger partial charge in [0.2, 0.25) is 0 Å². The highest BCUT2D eigenvalue weighted by atomic mass is 19.4. The third kappa shape index (κ3) is 3.52. The van der Waals surface area contributed by atoms with E-state index in [4.69, 9.17) is 0 Å². The first-order chi connectivity index (χ1) is 9.20. The first-order valence-electron chi connectivity index (χ1n) is 6.64. The number of carbonyl (C=O) groups is 1. The van der Waals surface area contributed by atoms with E-state index in [0.717, 1.165) is 12.8 Å². The van der Waals surface area contributed by atoms with Gasteiger partial charge in [0.1, 0.15) is 0 Å². The molecule has 0 aromatic carbocycles. The van der Waals surface area contributed by atoms with E-state index in [2.05, 4.69) is 10.4 Å². The van der Waals surface area contributed by atoms with E-state index >= 15 is 0 Å². The minimum absolute atomic E-state index is 0.237. The predicted molar refractivity (Wildman–Crippen MR) is 69.6 cm³/mol. The van der Waals surface area contributed by atoms with Crippen molar-refractivity contribution in [3.05, 3.63) is 17.0 Å². The summed E-state index contributed by atoms with van der Waals surface area (Å²) in [5.74, 6) is -0.713. The Morgan fingerprint density at radius 2 is 2.00 bits per heavy atom. The average molecular weight is 291 g/mol. The number of hydrogen-bond donors (Lipinski definition) is 1. The van der Waals surface area contributed by atoms with Crippen molar-refractivity contribution in [3.63, 3.8) is 0 Å². The average Bonchev–Trinajstić information content (AvgIpc) is 2.67. The number of amides is 1. The lowest BCUT2D eigenvalue weighted by molar-refractivity contribution is -0.141. The van der Waals surface area contributed by atoms with E-state index in [-0.39, 0.29) is 17.3 Å². The monoisotopic (exact) mass is 291 g/mol. The van der Waals surface area contributed by atoms with Gasteiger partial charge in [-0.2, -0.15) is 18.3 Å². The lowest BCUT2D eigenvalue weighted by Gasteiger charge is -2.09. The number of carbonyl (C=O) groups excluding carboxylic acids is 1. The highest BCUT2D eigenvalue weighted by molar-refractivity contribution is 5.96. The van der Waals surface area contributed by atoms with Gasteiger partial charge in [-0.15, -0.1) is 0 Å². The Bertz CT molecular complexity index is 478. The summed E-state index contributed by atoms with van der Waals surface area (Å²) in [5, 5.41) is 6.07. The third-order valence-electron chi connectivity index (χ3n) is 2.95. The van der Waals surface area contributed by atoms with E-state index in [9.17, 15) is 18.0 Å². The molecule has 114 valence electrons. The zero-order valence-electron chi connectivity index (χ0n) is 12.1. The molecule has 4 nitrogen and oxygen atoms in total. The first kappa shape index (κ1) is 16.5. The molecule has 1 aromatic rings. The number of nitrogens with zero attached hydrogens (tertiary/aromatic N) is 2. The summed E-state index contributed by atoms with van der Waals surface area (Å²) in [4.78, 5) is 12.0. The molecule has 0 spiro atoms. The van der Waals surface area contributed by atoms with Crippen LogP contribution in [0.2, 0.25) is 0 Å². The van der Waals surface area contributed by atoms with Crippen LogP contribution < -0.4 is 5.32 Å². The Labute approximate surface area is 116 Å². The van der Waals surface area contributed by atoms with Gasteiger partial charge in [0.05, 0.1) is 5.56 Å². The van der Waals surface area contributed by atoms with Crippen LogP contribution in [0.4, 0.5) is 13.2 Å². The van der Waals surface area contributed by atoms with Crippen LogP contribution in [0.15, 0.2) is 0 Å². The Balaban J connectivity index is 3.18. The van der Waals surface area contributed by atoms with Crippen molar-refractivity contribution >= 4 is 5.91 Å². The lowest BCUT2D eigenvalue weighted by atomic mass is 10.1. The number of rotatable bonds is 5. The number of unbranched alkanes of at least 4 members (excludes halogenated alkanes) is 1. The van der Waals surface area contributed by atoms with Crippen molar-refractivity contribution in [1.82, 2.24) is 15.1 Å². The van der Waals surface area contributed by atoms with Crippen molar-refractivity contribution < 1.29 is 18.0 Å². The van der Waals surface area contributed by atoms with E-state index in [1.165, 1.54) is 11.6 Å². The fourth-order valence-electron chi connectivity index (χ4n) is 1.96. The molecular formula is C13H20F3N3O. The van der Waals surface area contributed by atoms with Crippen LogP contribution in [0.3, 0.4) is 0 Å². The van der Waals surface area contributed by atoms with Crippen LogP contribution in [0.5, 0.6) is 0 Å². The molecule has 0 aliphatic heterocycles. The number of alkyl halides is 3. The van der Waals surface area contributed by atoms with Crippen molar-refractivity contribution in [1.29, 1.82) is 0 Å². The molecule has 1 rings (SSSR count). The van der Waals surface area contributed by atoms with Gasteiger partial charge in [-0.25, -0.2) is 0 Å². The molecule has 0 aliphatic carbocycles. The largest absolute Gasteiger partial charge is 0.435 e. The van der Waals surface area contributed by atoms with Crippen molar-refractivity contribution in [2.45, 2.75) is 52.8 Å². The molecular weight excluding hydrogens is 271 g/mol. The van der Waals surface area contributed by atoms with Crippen LogP contribution >= 0.6 is 0 Å². The number of halogens is 3. The molecule has 0 saturated carbocycles. The highest BCUT2D eigenvalue weighted by Crippen LogP contribution is 2.33. The molecule has 0 saturated heterocycles. The fourth-order valence-corrected chi connectivity index (χ4v) is 1.96. The van der Waals surface area contributed by atoms with Gasteiger partial charge >= 0.3 is 6.18 Å². The smallest absolute Gasteiger partial charge is 0.352 e. The highest BCUT2D eigenvalue weighted by Gasteiger charge is 2.40. The number of aromatic nitrogens is 2. The van der Waals surface area contributed by atoms with E-state index in [0.29, 0.717) is 6.54 Å². The standard InChI is InChI=1S/C13H20F3N3O/c1-5-6-7-17-12(20)10-9(4)19(8(2)3)18-11(10)13(14,15)16/h8H,5-7H2,1-4H3,(H,17,20). The van der Waals surface area contributed by atoms with Crippen LogP contribution in [-0.4, -0.2) is 22.2 Å². The maximum absolute atomic E-state index is 13.0. The predicted octanol–water partition coefficient (Wildman–Crippen LogP) is 3.32.